The van der Waals surface area contributed by atoms with E-state index in [1.54, 1.807) is 56.3 Å². The second-order valence-corrected chi connectivity index (χ2v) is 13.3. The first-order valence-corrected chi connectivity index (χ1v) is 16.5. The number of nitrogens with one attached hydrogen (secondary N) is 1. The maximum Gasteiger partial charge on any atom is 0.264 e. The maximum atomic E-state index is 14.3. The Hall–Kier alpha value is -2.98. The average Bonchev–Trinajstić information content (AvgIpc) is 2.96. The summed E-state index contributed by atoms with van der Waals surface area (Å²) in [4.78, 5) is 28.9. The zero-order chi connectivity index (χ0) is 31.7. The minimum Gasteiger partial charge on any atom is -0.492 e. The molecule has 232 valence electrons. The third-order valence-corrected chi connectivity index (χ3v) is 9.15. The molecule has 1 unspecified atom stereocenters. The van der Waals surface area contributed by atoms with Crippen molar-refractivity contribution in [3.63, 3.8) is 0 Å². The predicted octanol–water partition coefficient (Wildman–Crippen LogP) is 6.82. The molecule has 3 aromatic rings. The first-order valence-electron chi connectivity index (χ1n) is 13.9. The number of amides is 2. The maximum absolute atomic E-state index is 14.3. The molecule has 0 aliphatic rings. The molecule has 0 aliphatic heterocycles. The lowest BCUT2D eigenvalue weighted by molar-refractivity contribution is -0.140. The molecule has 0 heterocycles. The first kappa shape index (κ1) is 34.5. The Labute approximate surface area is 268 Å². The number of hydrogen-bond acceptors (Lipinski definition) is 5. The number of hydrogen-bond donors (Lipinski definition) is 1. The summed E-state index contributed by atoms with van der Waals surface area (Å²) in [5.74, 6) is -0.492. The molecule has 0 saturated carbocycles. The van der Waals surface area contributed by atoms with Crippen LogP contribution in [0, 0.1) is 5.92 Å². The molecule has 12 heteroatoms. The molecular formula is C31H36Cl3N3O5S. The molecule has 0 radical (unpaired) electrons. The molecule has 1 N–H and O–H groups in total. The van der Waals surface area contributed by atoms with Gasteiger partial charge in [-0.25, -0.2) is 8.42 Å². The summed E-state index contributed by atoms with van der Waals surface area (Å²) in [5, 5.41) is 3.99. The van der Waals surface area contributed by atoms with Crippen LogP contribution in [0.1, 0.15) is 39.7 Å². The third kappa shape index (κ3) is 9.01. The normalized spacial score (nSPS) is 12.1. The number of para-hydroxylation sites is 2. The van der Waals surface area contributed by atoms with Crippen molar-refractivity contribution >= 4 is 62.3 Å². The van der Waals surface area contributed by atoms with Crippen molar-refractivity contribution in [3.05, 3.63) is 87.4 Å². The van der Waals surface area contributed by atoms with E-state index in [9.17, 15) is 18.0 Å². The summed E-state index contributed by atoms with van der Waals surface area (Å²) in [6, 6.07) is 16.2. The molecule has 43 heavy (non-hydrogen) atoms. The van der Waals surface area contributed by atoms with Gasteiger partial charge in [0.2, 0.25) is 11.8 Å². The number of nitrogens with zero attached hydrogens (tertiary/aromatic N) is 2. The molecule has 8 nitrogen and oxygen atoms in total. The van der Waals surface area contributed by atoms with Crippen LogP contribution in [0.15, 0.2) is 71.6 Å². The standard InChI is InChI=1S/C31H36Cl3N3O5S/c1-5-27(31(39)35-18-21(3)4)36(19-22-11-12-24(33)17-26(22)34)30(38)20-37(28-9-7-8-10-29(28)42-6-2)43(40,41)25-15-13-23(32)14-16-25/h7-17,21,27H,5-6,18-20H2,1-4H3,(H,35,39). The van der Waals surface area contributed by atoms with Gasteiger partial charge < -0.3 is 15.0 Å². The van der Waals surface area contributed by atoms with Crippen molar-refractivity contribution in [3.8, 4) is 5.75 Å². The topological polar surface area (TPSA) is 96.0 Å². The molecule has 3 rings (SSSR count). The van der Waals surface area contributed by atoms with Crippen molar-refractivity contribution in [2.45, 2.75) is 51.6 Å². The summed E-state index contributed by atoms with van der Waals surface area (Å²) in [6.45, 7) is 7.51. The van der Waals surface area contributed by atoms with Crippen LogP contribution in [0.3, 0.4) is 0 Å². The number of benzene rings is 3. The van der Waals surface area contributed by atoms with Crippen LogP contribution in [0.25, 0.3) is 0 Å². The zero-order valence-corrected chi connectivity index (χ0v) is 27.6. The van der Waals surface area contributed by atoms with Gasteiger partial charge in [0.05, 0.1) is 17.2 Å². The third-order valence-electron chi connectivity index (χ3n) is 6.54. The van der Waals surface area contributed by atoms with Gasteiger partial charge in [0.1, 0.15) is 18.3 Å². The van der Waals surface area contributed by atoms with Gasteiger partial charge in [0.15, 0.2) is 0 Å². The Morgan fingerprint density at radius 2 is 1.58 bits per heavy atom. The molecule has 0 aliphatic carbocycles. The minimum atomic E-state index is -4.30. The van der Waals surface area contributed by atoms with Crippen LogP contribution in [0.2, 0.25) is 15.1 Å². The smallest absolute Gasteiger partial charge is 0.264 e. The number of ether oxygens (including phenoxy) is 1. The molecule has 0 spiro atoms. The van der Waals surface area contributed by atoms with Crippen LogP contribution in [0.4, 0.5) is 5.69 Å². The van der Waals surface area contributed by atoms with Gasteiger partial charge in [0, 0.05) is 28.2 Å². The van der Waals surface area contributed by atoms with Gasteiger partial charge in [-0.1, -0.05) is 73.8 Å². The van der Waals surface area contributed by atoms with Gasteiger partial charge in [-0.2, -0.15) is 0 Å². The van der Waals surface area contributed by atoms with Gasteiger partial charge >= 0.3 is 0 Å². The summed E-state index contributed by atoms with van der Waals surface area (Å²) >= 11 is 18.6. The van der Waals surface area contributed by atoms with Gasteiger partial charge in [-0.3, -0.25) is 13.9 Å². The predicted molar refractivity (Wildman–Crippen MR) is 173 cm³/mol. The highest BCUT2D eigenvalue weighted by Gasteiger charge is 2.35. The summed E-state index contributed by atoms with van der Waals surface area (Å²) in [5.41, 5.74) is 0.728. The number of halogens is 3. The minimum absolute atomic E-state index is 0.0512. The fourth-order valence-electron chi connectivity index (χ4n) is 4.36. The van der Waals surface area contributed by atoms with E-state index < -0.39 is 28.5 Å². The van der Waals surface area contributed by atoms with Gasteiger partial charge in [-0.05, 0) is 73.4 Å². The lowest BCUT2D eigenvalue weighted by Crippen LogP contribution is -2.52. The number of carbonyl (C=O) groups is 2. The molecule has 3 aromatic carbocycles. The van der Waals surface area contributed by atoms with Crippen molar-refractivity contribution in [1.29, 1.82) is 0 Å². The van der Waals surface area contributed by atoms with Crippen molar-refractivity contribution in [2.75, 3.05) is 24.0 Å². The van der Waals surface area contributed by atoms with Crippen molar-refractivity contribution in [1.82, 2.24) is 10.2 Å². The molecule has 0 saturated heterocycles. The lowest BCUT2D eigenvalue weighted by Gasteiger charge is -2.34. The Balaban J connectivity index is 2.12. The van der Waals surface area contributed by atoms with E-state index in [1.165, 1.54) is 29.2 Å². The summed E-state index contributed by atoms with van der Waals surface area (Å²) in [6.07, 6.45) is 0.278. The fourth-order valence-corrected chi connectivity index (χ4v) is 6.38. The second kappa shape index (κ2) is 15.7. The molecule has 0 fully saturated rings. The molecule has 1 atom stereocenters. The van der Waals surface area contributed by atoms with E-state index in [2.05, 4.69) is 5.32 Å². The zero-order valence-electron chi connectivity index (χ0n) is 24.5. The van der Waals surface area contributed by atoms with Gasteiger partial charge in [0.25, 0.3) is 10.0 Å². The Morgan fingerprint density at radius 3 is 2.19 bits per heavy atom. The van der Waals surface area contributed by atoms with Gasteiger partial charge in [-0.15, -0.1) is 0 Å². The highest BCUT2D eigenvalue weighted by molar-refractivity contribution is 7.92. The van der Waals surface area contributed by atoms with Crippen molar-refractivity contribution in [2.24, 2.45) is 5.92 Å². The van der Waals surface area contributed by atoms with Crippen LogP contribution < -0.4 is 14.4 Å². The average molecular weight is 669 g/mol. The first-order chi connectivity index (χ1) is 20.4. The molecule has 0 bridgehead atoms. The summed E-state index contributed by atoms with van der Waals surface area (Å²) in [7, 11) is -4.30. The SMILES string of the molecule is CCOc1ccccc1N(CC(=O)N(Cc1ccc(Cl)cc1Cl)C(CC)C(=O)NCC(C)C)S(=O)(=O)c1ccc(Cl)cc1. The van der Waals surface area contributed by atoms with Crippen LogP contribution in [-0.4, -0.2) is 50.9 Å². The molecular weight excluding hydrogens is 633 g/mol. The number of rotatable bonds is 14. The van der Waals surface area contributed by atoms with Crippen LogP contribution in [0.5, 0.6) is 5.75 Å². The second-order valence-electron chi connectivity index (χ2n) is 10.2. The largest absolute Gasteiger partial charge is 0.492 e. The highest BCUT2D eigenvalue weighted by Crippen LogP contribution is 2.33. The Bertz CT molecular complexity index is 1520. The van der Waals surface area contributed by atoms with Crippen molar-refractivity contribution < 1.29 is 22.7 Å². The van der Waals surface area contributed by atoms with E-state index in [-0.39, 0.29) is 47.7 Å². The summed E-state index contributed by atoms with van der Waals surface area (Å²) < 4.78 is 34.9. The van der Waals surface area contributed by atoms with Crippen LogP contribution in [-0.2, 0) is 26.2 Å². The number of sulfonamides is 1. The fraction of sp³-hybridized carbons (Fsp3) is 0.355. The van der Waals surface area contributed by atoms with E-state index >= 15 is 0 Å². The van der Waals surface area contributed by atoms with E-state index in [0.29, 0.717) is 27.2 Å². The van der Waals surface area contributed by atoms with E-state index in [4.69, 9.17) is 39.5 Å². The number of carbonyl (C=O) groups excluding carboxylic acids is 2. The highest BCUT2D eigenvalue weighted by atomic mass is 35.5. The molecule has 2 amide bonds. The number of anilines is 1. The Kier molecular flexibility index (Phi) is 12.6. The lowest BCUT2D eigenvalue weighted by atomic mass is 10.1. The van der Waals surface area contributed by atoms with E-state index in [1.807, 2.05) is 13.8 Å². The monoisotopic (exact) mass is 667 g/mol. The Morgan fingerprint density at radius 1 is 0.930 bits per heavy atom. The van der Waals surface area contributed by atoms with Crippen LogP contribution >= 0.6 is 34.8 Å². The molecule has 0 aromatic heterocycles. The quantitative estimate of drug-likeness (QED) is 0.203. The van der Waals surface area contributed by atoms with E-state index in [0.717, 1.165) is 4.31 Å².